The Bertz CT molecular complexity index is 880. The third-order valence-electron chi connectivity index (χ3n) is 6.61. The number of hydrogen-bond acceptors (Lipinski definition) is 2. The zero-order chi connectivity index (χ0) is 21.5. The summed E-state index contributed by atoms with van der Waals surface area (Å²) in [6, 6.07) is 10.7. The van der Waals surface area contributed by atoms with Crippen LogP contribution in [0.3, 0.4) is 0 Å². The highest BCUT2D eigenvalue weighted by Crippen LogP contribution is 2.46. The highest BCUT2D eigenvalue weighted by atomic mass is 19.4. The molecule has 0 aromatic heterocycles. The monoisotopic (exact) mass is 421 g/mol. The van der Waals surface area contributed by atoms with Crippen molar-refractivity contribution in [2.75, 3.05) is 13.1 Å². The topological polar surface area (TPSA) is 21.3 Å². The van der Waals surface area contributed by atoms with Crippen molar-refractivity contribution >= 4 is 0 Å². The molecule has 1 heterocycles. The third-order valence-corrected chi connectivity index (χ3v) is 6.61. The number of alkyl halides is 3. The van der Waals surface area contributed by atoms with Crippen molar-refractivity contribution in [2.45, 2.75) is 51.0 Å². The number of hydrogen-bond donors (Lipinski definition) is 1. The molecule has 2 aliphatic rings. The maximum Gasteiger partial charge on any atom is 0.416 e. The first-order valence-corrected chi connectivity index (χ1v) is 10.5. The van der Waals surface area contributed by atoms with Gasteiger partial charge in [-0.3, -0.25) is 0 Å². The Morgan fingerprint density at radius 2 is 1.77 bits per heavy atom. The Morgan fingerprint density at radius 3 is 2.47 bits per heavy atom. The van der Waals surface area contributed by atoms with Crippen LogP contribution >= 0.6 is 0 Å². The minimum atomic E-state index is -4.38. The maximum atomic E-state index is 13.5. The number of halogens is 4. The molecule has 2 fully saturated rings. The van der Waals surface area contributed by atoms with Gasteiger partial charge in [-0.05, 0) is 87.0 Å². The Morgan fingerprint density at radius 1 is 1.03 bits per heavy atom. The van der Waals surface area contributed by atoms with Crippen molar-refractivity contribution in [3.63, 3.8) is 0 Å². The van der Waals surface area contributed by atoms with Crippen LogP contribution in [0.25, 0.3) is 0 Å². The normalized spacial score (nSPS) is 27.7. The molecule has 6 heteroatoms. The number of rotatable bonds is 4. The van der Waals surface area contributed by atoms with Gasteiger partial charge in [0.1, 0.15) is 5.82 Å². The van der Waals surface area contributed by atoms with Crippen LogP contribution in [0.1, 0.15) is 54.0 Å². The molecule has 2 aromatic rings. The van der Waals surface area contributed by atoms with Gasteiger partial charge in [-0.25, -0.2) is 4.39 Å². The third kappa shape index (κ3) is 4.40. The van der Waals surface area contributed by atoms with Crippen LogP contribution in [0.2, 0.25) is 0 Å². The lowest BCUT2D eigenvalue weighted by molar-refractivity contribution is -0.137. The van der Waals surface area contributed by atoms with Crippen molar-refractivity contribution in [2.24, 2.45) is 11.8 Å². The van der Waals surface area contributed by atoms with Gasteiger partial charge in [0.2, 0.25) is 0 Å². The van der Waals surface area contributed by atoms with Crippen LogP contribution in [-0.4, -0.2) is 19.2 Å². The van der Waals surface area contributed by atoms with Gasteiger partial charge in [0.25, 0.3) is 0 Å². The summed E-state index contributed by atoms with van der Waals surface area (Å²) < 4.78 is 59.7. The first-order chi connectivity index (χ1) is 14.2. The predicted octanol–water partition coefficient (Wildman–Crippen LogP) is 6.01. The molecule has 5 atom stereocenters. The molecule has 0 amide bonds. The highest BCUT2D eigenvalue weighted by Gasteiger charge is 2.43. The van der Waals surface area contributed by atoms with Crippen LogP contribution < -0.4 is 5.32 Å². The van der Waals surface area contributed by atoms with Crippen molar-refractivity contribution in [1.82, 2.24) is 5.32 Å². The number of fused-ring (bicyclic) bond motifs is 1. The fraction of sp³-hybridized carbons (Fsp3) is 0.500. The smallest absolute Gasteiger partial charge is 0.370 e. The minimum Gasteiger partial charge on any atom is -0.370 e. The van der Waals surface area contributed by atoms with E-state index in [0.717, 1.165) is 37.6 Å². The second-order valence-corrected chi connectivity index (χ2v) is 8.68. The summed E-state index contributed by atoms with van der Waals surface area (Å²) in [5, 5.41) is 3.46. The zero-order valence-corrected chi connectivity index (χ0v) is 17.2. The molecule has 4 rings (SSSR count). The van der Waals surface area contributed by atoms with E-state index in [1.165, 1.54) is 18.2 Å². The molecule has 2 nitrogen and oxygen atoms in total. The van der Waals surface area contributed by atoms with Crippen molar-refractivity contribution in [3.8, 4) is 0 Å². The summed E-state index contributed by atoms with van der Waals surface area (Å²) in [7, 11) is 0. The summed E-state index contributed by atoms with van der Waals surface area (Å²) in [4.78, 5) is 0. The second kappa shape index (κ2) is 8.31. The molecular formula is C24H27F4NO. The Labute approximate surface area is 174 Å². The summed E-state index contributed by atoms with van der Waals surface area (Å²) in [5.41, 5.74) is 1.49. The molecule has 0 spiro atoms. The van der Waals surface area contributed by atoms with Crippen LogP contribution in [0.4, 0.5) is 17.6 Å². The van der Waals surface area contributed by atoms with Crippen molar-refractivity contribution in [1.29, 1.82) is 0 Å². The van der Waals surface area contributed by atoms with E-state index in [4.69, 9.17) is 4.74 Å². The van der Waals surface area contributed by atoms with E-state index in [-0.39, 0.29) is 17.8 Å². The Balaban J connectivity index is 1.60. The van der Waals surface area contributed by atoms with Gasteiger partial charge in [0, 0.05) is 5.92 Å². The molecule has 1 saturated carbocycles. The van der Waals surface area contributed by atoms with Crippen LogP contribution in [0.5, 0.6) is 0 Å². The zero-order valence-electron chi connectivity index (χ0n) is 17.2. The largest absolute Gasteiger partial charge is 0.416 e. The van der Waals surface area contributed by atoms with Crippen molar-refractivity contribution < 1.29 is 22.3 Å². The fourth-order valence-corrected chi connectivity index (χ4v) is 5.17. The lowest BCUT2D eigenvalue weighted by Crippen LogP contribution is -2.38. The average Bonchev–Trinajstić information content (AvgIpc) is 3.16. The molecule has 0 unspecified atom stereocenters. The van der Waals surface area contributed by atoms with E-state index in [0.29, 0.717) is 23.0 Å². The maximum absolute atomic E-state index is 13.5. The lowest BCUT2D eigenvalue weighted by atomic mass is 9.69. The highest BCUT2D eigenvalue weighted by molar-refractivity contribution is 5.32. The summed E-state index contributed by atoms with van der Waals surface area (Å²) in [5.74, 6) is 0.741. The molecule has 0 radical (unpaired) electrons. The molecule has 1 aliphatic carbocycles. The van der Waals surface area contributed by atoms with Crippen molar-refractivity contribution in [3.05, 3.63) is 70.5 Å². The minimum absolute atomic E-state index is 0.0914. The predicted molar refractivity (Wildman–Crippen MR) is 108 cm³/mol. The fourth-order valence-electron chi connectivity index (χ4n) is 5.17. The molecule has 1 N–H and O–H groups in total. The van der Waals surface area contributed by atoms with E-state index in [2.05, 4.69) is 5.32 Å². The van der Waals surface area contributed by atoms with Gasteiger partial charge < -0.3 is 10.1 Å². The van der Waals surface area contributed by atoms with Crippen LogP contribution in [-0.2, 0) is 10.9 Å². The quantitative estimate of drug-likeness (QED) is 0.610. The number of ether oxygens (including phenoxy) is 1. The molecule has 30 heavy (non-hydrogen) atoms. The molecule has 1 aliphatic heterocycles. The molecular weight excluding hydrogens is 394 g/mol. The summed E-state index contributed by atoms with van der Waals surface area (Å²) >= 11 is 0. The molecule has 162 valence electrons. The van der Waals surface area contributed by atoms with E-state index >= 15 is 0 Å². The van der Waals surface area contributed by atoms with Gasteiger partial charge in [-0.15, -0.1) is 0 Å². The van der Waals surface area contributed by atoms with Gasteiger partial charge >= 0.3 is 6.18 Å². The van der Waals surface area contributed by atoms with Crippen LogP contribution in [0.15, 0.2) is 42.5 Å². The van der Waals surface area contributed by atoms with E-state index in [1.807, 2.05) is 19.1 Å². The number of nitrogens with one attached hydrogen (secondary N) is 1. The first-order valence-electron chi connectivity index (χ1n) is 10.5. The molecule has 0 bridgehead atoms. The standard InChI is InChI=1S/C24H27F4NO/c1-14-9-18(11-19(10-14)24(26,27)28)15(2)30-22-8-5-17-12-29-13-21(17)23(22)16-3-6-20(25)7-4-16/h3-4,6-7,9-11,15,17,21-23,29H,5,8,12-13H2,1-2H3/t15-,17-,21-,22+,23+/m1/s1. The molecule has 2 aromatic carbocycles. The summed E-state index contributed by atoms with van der Waals surface area (Å²) in [6.07, 6.45) is -3.11. The SMILES string of the molecule is Cc1cc([C@@H](C)O[C@H]2CC[C@@H]3CNC[C@H]3[C@@H]2c2ccc(F)cc2)cc(C(F)(F)F)c1. The van der Waals surface area contributed by atoms with Gasteiger partial charge in [0.05, 0.1) is 17.8 Å². The van der Waals surface area contributed by atoms with Gasteiger partial charge in [0.15, 0.2) is 0 Å². The number of benzene rings is 2. The Kier molecular flexibility index (Phi) is 5.90. The van der Waals surface area contributed by atoms with Gasteiger partial charge in [-0.1, -0.05) is 23.8 Å². The van der Waals surface area contributed by atoms with Crippen LogP contribution in [0, 0.1) is 24.6 Å². The second-order valence-electron chi connectivity index (χ2n) is 8.68. The van der Waals surface area contributed by atoms with Gasteiger partial charge in [-0.2, -0.15) is 13.2 Å². The summed E-state index contributed by atoms with van der Waals surface area (Å²) in [6.45, 7) is 5.33. The molecule has 1 saturated heterocycles. The first kappa shape index (κ1) is 21.3. The van der Waals surface area contributed by atoms with E-state index in [9.17, 15) is 17.6 Å². The average molecular weight is 421 g/mol. The van der Waals surface area contributed by atoms with E-state index in [1.54, 1.807) is 13.0 Å². The van der Waals surface area contributed by atoms with E-state index < -0.39 is 17.8 Å². The lowest BCUT2D eigenvalue weighted by Gasteiger charge is -2.41. The number of aryl methyl sites for hydroxylation is 1. The Hall–Kier alpha value is -1.92.